The van der Waals surface area contributed by atoms with E-state index in [-0.39, 0.29) is 17.9 Å². The largest absolute Gasteiger partial charge is 0.368 e. The molecule has 34 heavy (non-hydrogen) atoms. The van der Waals surface area contributed by atoms with Crippen LogP contribution in [0.3, 0.4) is 0 Å². The van der Waals surface area contributed by atoms with Gasteiger partial charge in [0.25, 0.3) is 5.91 Å². The molecule has 2 aromatic carbocycles. The van der Waals surface area contributed by atoms with Gasteiger partial charge in [0, 0.05) is 48.9 Å². The highest BCUT2D eigenvalue weighted by Gasteiger charge is 2.46. The molecule has 0 unspecified atom stereocenters. The first-order valence-electron chi connectivity index (χ1n) is 12.1. The highest BCUT2D eigenvalue weighted by atomic mass is 32.1. The summed E-state index contributed by atoms with van der Waals surface area (Å²) < 4.78 is 0. The minimum Gasteiger partial charge on any atom is -0.368 e. The minimum absolute atomic E-state index is 0.0284. The second-order valence-corrected chi connectivity index (χ2v) is 10.5. The predicted octanol–water partition coefficient (Wildman–Crippen LogP) is 5.03. The van der Waals surface area contributed by atoms with Crippen molar-refractivity contribution < 1.29 is 9.59 Å². The van der Waals surface area contributed by atoms with Crippen molar-refractivity contribution in [2.24, 2.45) is 5.92 Å². The lowest BCUT2D eigenvalue weighted by Crippen LogP contribution is -2.53. The van der Waals surface area contributed by atoms with Crippen molar-refractivity contribution in [3.8, 4) is 0 Å². The Balaban J connectivity index is 1.48. The van der Waals surface area contributed by atoms with Crippen LogP contribution in [0.25, 0.3) is 0 Å². The Hall–Kier alpha value is -3.12. The smallest absolute Gasteiger partial charge is 0.254 e. The molecule has 176 valence electrons. The quantitative estimate of drug-likeness (QED) is 0.522. The van der Waals surface area contributed by atoms with Gasteiger partial charge >= 0.3 is 0 Å². The summed E-state index contributed by atoms with van der Waals surface area (Å²) in [6.45, 7) is 7.85. The van der Waals surface area contributed by atoms with E-state index in [1.54, 1.807) is 11.3 Å². The van der Waals surface area contributed by atoms with E-state index >= 15 is 0 Å². The van der Waals surface area contributed by atoms with Crippen LogP contribution in [0, 0.1) is 5.92 Å². The lowest BCUT2D eigenvalue weighted by Gasteiger charge is -2.44. The van der Waals surface area contributed by atoms with Crippen molar-refractivity contribution in [2.75, 3.05) is 37.6 Å². The number of benzene rings is 2. The number of para-hydroxylation sites is 1. The van der Waals surface area contributed by atoms with Crippen LogP contribution in [0.2, 0.25) is 0 Å². The van der Waals surface area contributed by atoms with Crippen molar-refractivity contribution in [3.63, 3.8) is 0 Å². The molecule has 1 aromatic heterocycles. The fraction of sp³-hybridized carbons (Fsp3) is 0.357. The van der Waals surface area contributed by atoms with E-state index < -0.39 is 5.92 Å². The van der Waals surface area contributed by atoms with Crippen molar-refractivity contribution in [1.29, 1.82) is 0 Å². The molecule has 3 aromatic rings. The van der Waals surface area contributed by atoms with Gasteiger partial charge in [-0.25, -0.2) is 0 Å². The van der Waals surface area contributed by atoms with Crippen LogP contribution in [0.1, 0.15) is 46.6 Å². The summed E-state index contributed by atoms with van der Waals surface area (Å²) in [6, 6.07) is 21.9. The van der Waals surface area contributed by atoms with E-state index in [4.69, 9.17) is 0 Å². The van der Waals surface area contributed by atoms with Crippen LogP contribution in [0.5, 0.6) is 0 Å². The fourth-order valence-corrected chi connectivity index (χ4v) is 6.12. The van der Waals surface area contributed by atoms with Crippen molar-refractivity contribution >= 4 is 28.8 Å². The van der Waals surface area contributed by atoms with E-state index in [0.717, 1.165) is 23.5 Å². The Labute approximate surface area is 205 Å². The molecule has 6 heteroatoms. The van der Waals surface area contributed by atoms with Gasteiger partial charge in [0.2, 0.25) is 5.91 Å². The number of piperazine rings is 1. The van der Waals surface area contributed by atoms with Crippen LogP contribution < -0.4 is 4.90 Å². The third kappa shape index (κ3) is 4.23. The molecule has 0 bridgehead atoms. The molecule has 2 aliphatic heterocycles. The number of nitrogens with zero attached hydrogens (tertiary/aromatic N) is 3. The number of carbonyl (C=O) groups is 2. The summed E-state index contributed by atoms with van der Waals surface area (Å²) in [7, 11) is 0. The lowest BCUT2D eigenvalue weighted by atomic mass is 9.80. The summed E-state index contributed by atoms with van der Waals surface area (Å²) in [5.41, 5.74) is 2.72. The monoisotopic (exact) mass is 473 g/mol. The number of hydrogen-bond donors (Lipinski definition) is 0. The number of fused-ring (bicyclic) bond motifs is 1. The second kappa shape index (κ2) is 9.63. The number of thiophene rings is 1. The average molecular weight is 474 g/mol. The number of carbonyl (C=O) groups excluding carboxylic acids is 2. The zero-order valence-electron chi connectivity index (χ0n) is 19.8. The topological polar surface area (TPSA) is 43.9 Å². The maximum atomic E-state index is 14.2. The standard InChI is InChI=1S/C28H31N3O2S/c1-20(2)19-31-26(24-13-8-18-34-24)25(22-11-6-7-12-23(22)27(31)32)28(33)30-16-14-29(15-17-30)21-9-4-3-5-10-21/h3-13,18,20,25-26H,14-17,19H2,1-2H3/t25-,26-/m1/s1. The SMILES string of the molecule is CC(C)CN1C(=O)c2ccccc2[C@@H](C(=O)N2CCN(c3ccccc3)CC2)[C@H]1c1cccs1. The Bertz CT molecular complexity index is 1140. The van der Waals surface area contributed by atoms with E-state index in [0.29, 0.717) is 31.1 Å². The molecule has 2 atom stereocenters. The molecule has 0 radical (unpaired) electrons. The molecule has 5 nitrogen and oxygen atoms in total. The van der Waals surface area contributed by atoms with Crippen LogP contribution in [0.4, 0.5) is 5.69 Å². The summed E-state index contributed by atoms with van der Waals surface area (Å²) in [4.78, 5) is 35.1. The van der Waals surface area contributed by atoms with E-state index in [9.17, 15) is 9.59 Å². The normalized spacial score (nSPS) is 20.6. The Morgan fingerprint density at radius 3 is 2.32 bits per heavy atom. The predicted molar refractivity (Wildman–Crippen MR) is 137 cm³/mol. The van der Waals surface area contributed by atoms with Gasteiger partial charge in [0.1, 0.15) is 0 Å². The highest BCUT2D eigenvalue weighted by molar-refractivity contribution is 7.10. The van der Waals surface area contributed by atoms with Crippen LogP contribution in [-0.2, 0) is 4.79 Å². The molecule has 2 amide bonds. The maximum absolute atomic E-state index is 14.2. The molecule has 0 N–H and O–H groups in total. The van der Waals surface area contributed by atoms with Gasteiger partial charge in [-0.1, -0.05) is 56.3 Å². The molecule has 3 heterocycles. The molecule has 1 saturated heterocycles. The van der Waals surface area contributed by atoms with Gasteiger partial charge in [0.15, 0.2) is 0 Å². The zero-order valence-corrected chi connectivity index (χ0v) is 20.6. The van der Waals surface area contributed by atoms with Gasteiger partial charge in [-0.05, 0) is 41.1 Å². The maximum Gasteiger partial charge on any atom is 0.254 e. The average Bonchev–Trinajstić information content (AvgIpc) is 3.40. The molecule has 1 fully saturated rings. The molecule has 0 aliphatic carbocycles. The third-order valence-corrected chi connectivity index (χ3v) is 7.76. The number of anilines is 1. The van der Waals surface area contributed by atoms with Crippen molar-refractivity contribution in [2.45, 2.75) is 25.8 Å². The Morgan fingerprint density at radius 2 is 1.65 bits per heavy atom. The van der Waals surface area contributed by atoms with Crippen molar-refractivity contribution in [1.82, 2.24) is 9.80 Å². The number of rotatable bonds is 5. The van der Waals surface area contributed by atoms with Gasteiger partial charge in [-0.2, -0.15) is 0 Å². The van der Waals surface area contributed by atoms with Gasteiger partial charge in [-0.15, -0.1) is 11.3 Å². The molecule has 0 saturated carbocycles. The van der Waals surface area contributed by atoms with Gasteiger partial charge in [-0.3, -0.25) is 9.59 Å². The van der Waals surface area contributed by atoms with E-state index in [1.807, 2.05) is 51.6 Å². The lowest BCUT2D eigenvalue weighted by molar-refractivity contribution is -0.135. The summed E-state index contributed by atoms with van der Waals surface area (Å²) in [5, 5.41) is 2.04. The Morgan fingerprint density at radius 1 is 0.941 bits per heavy atom. The van der Waals surface area contributed by atoms with Crippen LogP contribution in [0.15, 0.2) is 72.1 Å². The summed E-state index contributed by atoms with van der Waals surface area (Å²) in [6.07, 6.45) is 0. The van der Waals surface area contributed by atoms with E-state index in [1.165, 1.54) is 5.69 Å². The second-order valence-electron chi connectivity index (χ2n) is 9.52. The highest BCUT2D eigenvalue weighted by Crippen LogP contribution is 2.45. The molecular formula is C28H31N3O2S. The zero-order chi connectivity index (χ0) is 23.7. The summed E-state index contributed by atoms with van der Waals surface area (Å²) in [5.74, 6) is 0.0666. The minimum atomic E-state index is -0.394. The Kier molecular flexibility index (Phi) is 6.42. The van der Waals surface area contributed by atoms with Crippen molar-refractivity contribution in [3.05, 3.63) is 88.1 Å². The fourth-order valence-electron chi connectivity index (χ4n) is 5.25. The molecule has 5 rings (SSSR count). The van der Waals surface area contributed by atoms with Gasteiger partial charge < -0.3 is 14.7 Å². The molecular weight excluding hydrogens is 442 g/mol. The van der Waals surface area contributed by atoms with Crippen LogP contribution >= 0.6 is 11.3 Å². The number of hydrogen-bond acceptors (Lipinski definition) is 4. The van der Waals surface area contributed by atoms with Gasteiger partial charge in [0.05, 0.1) is 12.0 Å². The summed E-state index contributed by atoms with van der Waals surface area (Å²) >= 11 is 1.63. The third-order valence-electron chi connectivity index (χ3n) is 6.81. The first-order chi connectivity index (χ1) is 16.5. The van der Waals surface area contributed by atoms with Crippen LogP contribution in [-0.4, -0.2) is 54.3 Å². The number of amides is 2. The molecule has 0 spiro atoms. The first kappa shape index (κ1) is 22.7. The molecule has 2 aliphatic rings. The first-order valence-corrected chi connectivity index (χ1v) is 12.9. The van der Waals surface area contributed by atoms with E-state index in [2.05, 4.69) is 49.1 Å².